The molecule has 17 heavy (non-hydrogen) atoms. The van der Waals surface area contributed by atoms with Crippen LogP contribution in [0.3, 0.4) is 0 Å². The van der Waals surface area contributed by atoms with Gasteiger partial charge in [0.05, 0.1) is 29.9 Å². The van der Waals surface area contributed by atoms with Gasteiger partial charge in [-0.05, 0) is 28.1 Å². The number of halogens is 3. The Labute approximate surface area is 105 Å². The molecule has 1 heterocycles. The van der Waals surface area contributed by atoms with Crippen molar-refractivity contribution in [1.82, 2.24) is 0 Å². The molecule has 0 radical (unpaired) electrons. The first-order valence-corrected chi connectivity index (χ1v) is 5.91. The fraction of sp³-hybridized carbons (Fsp3) is 0.455. The molecule has 0 bridgehead atoms. The smallest absolute Gasteiger partial charge is 0.146 e. The molecule has 3 nitrogen and oxygen atoms in total. The van der Waals surface area contributed by atoms with Gasteiger partial charge in [0, 0.05) is 0 Å². The van der Waals surface area contributed by atoms with Crippen molar-refractivity contribution in [2.75, 3.05) is 19.8 Å². The van der Waals surface area contributed by atoms with E-state index < -0.39 is 29.4 Å². The van der Waals surface area contributed by atoms with Gasteiger partial charge in [0.25, 0.3) is 0 Å². The molecular weight excluding hydrogens is 298 g/mol. The summed E-state index contributed by atoms with van der Waals surface area (Å²) in [5, 5.41) is 9.93. The Morgan fingerprint density at radius 2 is 2.12 bits per heavy atom. The minimum absolute atomic E-state index is 0.102. The maximum absolute atomic E-state index is 13.7. The third-order valence-corrected chi connectivity index (χ3v) is 3.18. The number of hydrogen-bond donors (Lipinski definition) is 1. The number of ether oxygens (including phenoxy) is 2. The second-order valence-electron chi connectivity index (χ2n) is 3.69. The van der Waals surface area contributed by atoms with E-state index in [0.29, 0.717) is 13.2 Å². The lowest BCUT2D eigenvalue weighted by molar-refractivity contribution is -0.134. The monoisotopic (exact) mass is 308 g/mol. The van der Waals surface area contributed by atoms with Crippen molar-refractivity contribution in [3.8, 4) is 0 Å². The quantitative estimate of drug-likeness (QED) is 0.851. The summed E-state index contributed by atoms with van der Waals surface area (Å²) >= 11 is 2.95. The third-order valence-electron chi connectivity index (χ3n) is 2.57. The summed E-state index contributed by atoms with van der Waals surface area (Å²) in [7, 11) is 0. The number of benzene rings is 1. The molecule has 1 saturated heterocycles. The second kappa shape index (κ2) is 5.39. The first-order chi connectivity index (χ1) is 8.11. The molecule has 2 atom stereocenters. The van der Waals surface area contributed by atoms with Crippen LogP contribution in [0, 0.1) is 11.6 Å². The molecule has 1 N–H and O–H groups in total. The third kappa shape index (κ3) is 2.65. The van der Waals surface area contributed by atoms with E-state index in [2.05, 4.69) is 15.9 Å². The van der Waals surface area contributed by atoms with Gasteiger partial charge in [-0.1, -0.05) is 0 Å². The normalized spacial score (nSPS) is 22.5. The van der Waals surface area contributed by atoms with E-state index >= 15 is 0 Å². The van der Waals surface area contributed by atoms with Crippen LogP contribution in [0.25, 0.3) is 0 Å². The van der Waals surface area contributed by atoms with Gasteiger partial charge < -0.3 is 14.6 Å². The van der Waals surface area contributed by atoms with Crippen LogP contribution in [0.2, 0.25) is 0 Å². The molecule has 2 rings (SSSR count). The Balaban J connectivity index is 2.29. The van der Waals surface area contributed by atoms with Crippen LogP contribution in [0.5, 0.6) is 0 Å². The molecule has 1 fully saturated rings. The topological polar surface area (TPSA) is 38.7 Å². The number of aliphatic hydroxyl groups excluding tert-OH is 1. The van der Waals surface area contributed by atoms with Crippen LogP contribution < -0.4 is 0 Å². The molecule has 2 unspecified atom stereocenters. The largest absolute Gasteiger partial charge is 0.385 e. The molecule has 0 spiro atoms. The molecule has 0 aliphatic carbocycles. The van der Waals surface area contributed by atoms with E-state index in [9.17, 15) is 13.9 Å². The fourth-order valence-electron chi connectivity index (χ4n) is 1.69. The van der Waals surface area contributed by atoms with Crippen molar-refractivity contribution in [3.63, 3.8) is 0 Å². The predicted molar refractivity (Wildman–Crippen MR) is 59.6 cm³/mol. The van der Waals surface area contributed by atoms with Crippen LogP contribution in [-0.2, 0) is 9.47 Å². The van der Waals surface area contributed by atoms with E-state index in [4.69, 9.17) is 9.47 Å². The van der Waals surface area contributed by atoms with Crippen molar-refractivity contribution in [2.24, 2.45) is 0 Å². The molecule has 1 aliphatic heterocycles. The molecule has 1 aliphatic rings. The van der Waals surface area contributed by atoms with Crippen molar-refractivity contribution in [2.45, 2.75) is 12.2 Å². The minimum atomic E-state index is -1.38. The summed E-state index contributed by atoms with van der Waals surface area (Å²) < 4.78 is 37.7. The zero-order valence-corrected chi connectivity index (χ0v) is 10.4. The average Bonchev–Trinajstić information content (AvgIpc) is 2.35. The van der Waals surface area contributed by atoms with Crippen LogP contribution >= 0.6 is 15.9 Å². The van der Waals surface area contributed by atoms with Gasteiger partial charge in [0.2, 0.25) is 0 Å². The highest BCUT2D eigenvalue weighted by molar-refractivity contribution is 9.10. The van der Waals surface area contributed by atoms with Gasteiger partial charge in [-0.3, -0.25) is 0 Å². The lowest BCUT2D eigenvalue weighted by Crippen LogP contribution is -2.34. The van der Waals surface area contributed by atoms with E-state index in [1.807, 2.05) is 0 Å². The standard InChI is InChI=1S/C11H11BrF2O3/c12-6-1-2-7(13)9(10(6)14)11(15)8-5-16-3-4-17-8/h1-2,8,11,15H,3-5H2. The first kappa shape index (κ1) is 12.9. The first-order valence-electron chi connectivity index (χ1n) is 5.12. The van der Waals surface area contributed by atoms with Crippen LogP contribution in [0.4, 0.5) is 8.78 Å². The summed E-state index contributed by atoms with van der Waals surface area (Å²) in [6.07, 6.45) is -2.13. The van der Waals surface area contributed by atoms with E-state index in [1.165, 1.54) is 6.07 Å². The molecule has 6 heteroatoms. The molecular formula is C11H11BrF2O3. The molecule has 1 aromatic carbocycles. The zero-order valence-electron chi connectivity index (χ0n) is 8.83. The highest BCUT2D eigenvalue weighted by Gasteiger charge is 2.30. The highest BCUT2D eigenvalue weighted by atomic mass is 79.9. The van der Waals surface area contributed by atoms with E-state index in [1.54, 1.807) is 0 Å². The Kier molecular flexibility index (Phi) is 4.09. The zero-order chi connectivity index (χ0) is 12.4. The summed E-state index contributed by atoms with van der Waals surface area (Å²) in [6.45, 7) is 0.845. The number of hydrogen-bond acceptors (Lipinski definition) is 3. The Bertz CT molecular complexity index is 408. The Morgan fingerprint density at radius 3 is 2.76 bits per heavy atom. The molecule has 1 aromatic rings. The number of aliphatic hydroxyl groups is 1. The van der Waals surface area contributed by atoms with Crippen molar-refractivity contribution >= 4 is 15.9 Å². The van der Waals surface area contributed by atoms with E-state index in [-0.39, 0.29) is 11.1 Å². The van der Waals surface area contributed by atoms with Gasteiger partial charge in [-0.25, -0.2) is 8.78 Å². The molecule has 0 saturated carbocycles. The van der Waals surface area contributed by atoms with Crippen molar-refractivity contribution < 1.29 is 23.4 Å². The SMILES string of the molecule is OC(c1c(F)ccc(Br)c1F)C1COCCO1. The van der Waals surface area contributed by atoms with Gasteiger partial charge in [-0.15, -0.1) is 0 Å². The van der Waals surface area contributed by atoms with Gasteiger partial charge >= 0.3 is 0 Å². The van der Waals surface area contributed by atoms with Crippen molar-refractivity contribution in [1.29, 1.82) is 0 Å². The predicted octanol–water partition coefficient (Wildman–Crippen LogP) is 2.18. The summed E-state index contributed by atoms with van der Waals surface area (Å²) in [5.74, 6) is -1.61. The fourth-order valence-corrected chi connectivity index (χ4v) is 2.03. The average molecular weight is 309 g/mol. The Morgan fingerprint density at radius 1 is 1.35 bits per heavy atom. The molecule has 94 valence electrons. The van der Waals surface area contributed by atoms with Crippen LogP contribution in [0.15, 0.2) is 16.6 Å². The van der Waals surface area contributed by atoms with Crippen molar-refractivity contribution in [3.05, 3.63) is 33.8 Å². The molecule has 0 aromatic heterocycles. The Hall–Kier alpha value is -0.560. The number of rotatable bonds is 2. The van der Waals surface area contributed by atoms with Gasteiger partial charge in [0.15, 0.2) is 0 Å². The maximum Gasteiger partial charge on any atom is 0.146 e. The minimum Gasteiger partial charge on any atom is -0.385 e. The van der Waals surface area contributed by atoms with Crippen LogP contribution in [-0.4, -0.2) is 31.0 Å². The highest BCUT2D eigenvalue weighted by Crippen LogP contribution is 2.30. The van der Waals surface area contributed by atoms with Gasteiger partial charge in [-0.2, -0.15) is 0 Å². The summed E-state index contributed by atoms with van der Waals surface area (Å²) in [4.78, 5) is 0. The lowest BCUT2D eigenvalue weighted by Gasteiger charge is -2.27. The second-order valence-corrected chi connectivity index (χ2v) is 4.54. The summed E-state index contributed by atoms with van der Waals surface area (Å²) in [5.41, 5.74) is -0.394. The van der Waals surface area contributed by atoms with Gasteiger partial charge in [0.1, 0.15) is 23.8 Å². The summed E-state index contributed by atoms with van der Waals surface area (Å²) in [6, 6.07) is 2.34. The van der Waals surface area contributed by atoms with Crippen LogP contribution in [0.1, 0.15) is 11.7 Å². The maximum atomic E-state index is 13.7. The lowest BCUT2D eigenvalue weighted by atomic mass is 10.0. The van der Waals surface area contributed by atoms with E-state index in [0.717, 1.165) is 6.07 Å². The molecule has 0 amide bonds.